The molecule has 2 rings (SSSR count). The number of nitrogens with zero attached hydrogens (tertiary/aromatic N) is 2. The lowest BCUT2D eigenvalue weighted by molar-refractivity contribution is -0.145. The Labute approximate surface area is 157 Å². The standard InChI is InChI=1S/C17H21N3O6S/c1-2-3-10-26-13-4-6-14(7-5-13)27(24,25)20-9-8-19(16(21)11-18)12-15(20)17(22)23/h4-7,15H,8-12,18H2,1H3,(H,22,23). The van der Waals surface area contributed by atoms with Gasteiger partial charge in [0.2, 0.25) is 15.9 Å². The number of hydrogen-bond donors (Lipinski definition) is 2. The van der Waals surface area contributed by atoms with E-state index in [1.807, 2.05) is 0 Å². The summed E-state index contributed by atoms with van der Waals surface area (Å²) in [4.78, 5) is 24.5. The summed E-state index contributed by atoms with van der Waals surface area (Å²) in [5, 5.41) is 9.45. The van der Waals surface area contributed by atoms with Crippen LogP contribution in [0.4, 0.5) is 0 Å². The van der Waals surface area contributed by atoms with E-state index in [0.717, 1.165) is 4.31 Å². The van der Waals surface area contributed by atoms with Crippen LogP contribution >= 0.6 is 0 Å². The fraction of sp³-hybridized carbons (Fsp3) is 0.412. The van der Waals surface area contributed by atoms with E-state index >= 15 is 0 Å². The van der Waals surface area contributed by atoms with Crippen LogP contribution in [0.15, 0.2) is 29.2 Å². The van der Waals surface area contributed by atoms with Gasteiger partial charge in [0, 0.05) is 19.6 Å². The van der Waals surface area contributed by atoms with Gasteiger partial charge in [0.15, 0.2) is 0 Å². The van der Waals surface area contributed by atoms with Crippen molar-refractivity contribution in [1.29, 1.82) is 0 Å². The maximum Gasteiger partial charge on any atom is 0.323 e. The van der Waals surface area contributed by atoms with Gasteiger partial charge >= 0.3 is 5.97 Å². The Balaban J connectivity index is 2.22. The number of carbonyl (C=O) groups excluding carboxylic acids is 1. The third-order valence-corrected chi connectivity index (χ3v) is 5.98. The number of nitrogens with two attached hydrogens (primary N) is 1. The Kier molecular flexibility index (Phi) is 6.79. The largest absolute Gasteiger partial charge is 0.481 e. The fourth-order valence-electron chi connectivity index (χ4n) is 2.65. The van der Waals surface area contributed by atoms with E-state index in [0.29, 0.717) is 5.75 Å². The number of hydrogen-bond acceptors (Lipinski definition) is 6. The summed E-state index contributed by atoms with van der Waals surface area (Å²) in [6, 6.07) is 4.28. The molecule has 1 amide bonds. The Morgan fingerprint density at radius 2 is 1.96 bits per heavy atom. The van der Waals surface area contributed by atoms with Gasteiger partial charge < -0.3 is 20.5 Å². The predicted molar refractivity (Wildman–Crippen MR) is 96.3 cm³/mol. The smallest absolute Gasteiger partial charge is 0.323 e. The molecule has 146 valence electrons. The second kappa shape index (κ2) is 8.85. The number of carboxylic acid groups (broad SMARTS) is 1. The molecular weight excluding hydrogens is 374 g/mol. The van der Waals surface area contributed by atoms with E-state index in [2.05, 4.69) is 11.8 Å². The molecule has 0 bridgehead atoms. The maximum absolute atomic E-state index is 12.9. The van der Waals surface area contributed by atoms with Crippen LogP contribution in [0.5, 0.6) is 5.75 Å². The Hall–Kier alpha value is -2.61. The van der Waals surface area contributed by atoms with Gasteiger partial charge in [0.25, 0.3) is 0 Å². The summed E-state index contributed by atoms with van der Waals surface area (Å²) in [5.74, 6) is 4.10. The molecule has 0 aliphatic carbocycles. The van der Waals surface area contributed by atoms with Crippen LogP contribution in [0.2, 0.25) is 0 Å². The molecule has 10 heteroatoms. The minimum atomic E-state index is -4.05. The molecular formula is C17H21N3O6S. The van der Waals surface area contributed by atoms with Gasteiger partial charge in [-0.3, -0.25) is 9.59 Å². The number of piperazine rings is 1. The molecule has 1 unspecified atom stereocenters. The first-order valence-corrected chi connectivity index (χ1v) is 9.60. The number of benzene rings is 1. The number of rotatable bonds is 6. The van der Waals surface area contributed by atoms with E-state index in [-0.39, 0.29) is 37.7 Å². The SMILES string of the molecule is CC#CCOc1ccc(S(=O)(=O)N2CCN(C(=O)CN)CC2C(=O)O)cc1. The summed E-state index contributed by atoms with van der Waals surface area (Å²) in [6.07, 6.45) is 0. The molecule has 1 aromatic rings. The first-order chi connectivity index (χ1) is 12.8. The average Bonchev–Trinajstić information content (AvgIpc) is 2.67. The highest BCUT2D eigenvalue weighted by molar-refractivity contribution is 7.89. The number of carboxylic acids is 1. The molecule has 1 aromatic carbocycles. The first kappa shape index (κ1) is 20.7. The van der Waals surface area contributed by atoms with E-state index in [1.54, 1.807) is 6.92 Å². The molecule has 1 atom stereocenters. The molecule has 1 saturated heterocycles. The van der Waals surface area contributed by atoms with Crippen molar-refractivity contribution in [2.45, 2.75) is 17.9 Å². The zero-order valence-electron chi connectivity index (χ0n) is 14.8. The number of sulfonamides is 1. The highest BCUT2D eigenvalue weighted by atomic mass is 32.2. The van der Waals surface area contributed by atoms with Crippen molar-refractivity contribution in [3.63, 3.8) is 0 Å². The van der Waals surface area contributed by atoms with Crippen LogP contribution in [0.25, 0.3) is 0 Å². The lowest BCUT2D eigenvalue weighted by Gasteiger charge is -2.38. The summed E-state index contributed by atoms with van der Waals surface area (Å²) in [5.41, 5.74) is 5.30. The molecule has 27 heavy (non-hydrogen) atoms. The number of carbonyl (C=O) groups is 2. The number of ether oxygens (including phenoxy) is 1. The van der Waals surface area contributed by atoms with E-state index in [1.165, 1.54) is 29.2 Å². The second-order valence-corrected chi connectivity index (χ2v) is 7.59. The first-order valence-electron chi connectivity index (χ1n) is 8.16. The molecule has 1 aliphatic heterocycles. The normalized spacial score (nSPS) is 17.7. The third-order valence-electron chi connectivity index (χ3n) is 4.06. The van der Waals surface area contributed by atoms with Crippen LogP contribution in [0, 0.1) is 11.8 Å². The van der Waals surface area contributed by atoms with E-state index < -0.39 is 27.9 Å². The van der Waals surface area contributed by atoms with Gasteiger partial charge in [-0.05, 0) is 31.2 Å². The second-order valence-electron chi connectivity index (χ2n) is 5.70. The maximum atomic E-state index is 12.9. The molecule has 0 saturated carbocycles. The zero-order chi connectivity index (χ0) is 20.0. The predicted octanol–water partition coefficient (Wildman–Crippen LogP) is -0.666. The Morgan fingerprint density at radius 1 is 1.30 bits per heavy atom. The zero-order valence-corrected chi connectivity index (χ0v) is 15.6. The Bertz CT molecular complexity index is 857. The van der Waals surface area contributed by atoms with E-state index in [9.17, 15) is 23.1 Å². The monoisotopic (exact) mass is 395 g/mol. The van der Waals surface area contributed by atoms with Crippen molar-refractivity contribution < 1.29 is 27.9 Å². The van der Waals surface area contributed by atoms with Crippen LogP contribution in [0.3, 0.4) is 0 Å². The van der Waals surface area contributed by atoms with Crippen molar-refractivity contribution >= 4 is 21.9 Å². The minimum absolute atomic E-state index is 0.0544. The van der Waals surface area contributed by atoms with Crippen molar-refractivity contribution in [2.24, 2.45) is 5.73 Å². The van der Waals surface area contributed by atoms with Gasteiger partial charge in [-0.25, -0.2) is 8.42 Å². The van der Waals surface area contributed by atoms with E-state index in [4.69, 9.17) is 10.5 Å². The fourth-order valence-corrected chi connectivity index (χ4v) is 4.21. The molecule has 1 aliphatic rings. The quantitative estimate of drug-likeness (QED) is 0.611. The van der Waals surface area contributed by atoms with Crippen LogP contribution in [-0.4, -0.2) is 73.4 Å². The van der Waals surface area contributed by atoms with Gasteiger partial charge in [0.1, 0.15) is 18.4 Å². The van der Waals surface area contributed by atoms with Crippen LogP contribution < -0.4 is 10.5 Å². The van der Waals surface area contributed by atoms with Crippen molar-refractivity contribution in [3.8, 4) is 17.6 Å². The lowest BCUT2D eigenvalue weighted by Crippen LogP contribution is -2.59. The summed E-state index contributed by atoms with van der Waals surface area (Å²) >= 11 is 0. The molecule has 0 aromatic heterocycles. The third kappa shape index (κ3) is 4.77. The van der Waals surface area contributed by atoms with Crippen LogP contribution in [-0.2, 0) is 19.6 Å². The van der Waals surface area contributed by atoms with Gasteiger partial charge in [-0.2, -0.15) is 4.31 Å². The molecule has 1 fully saturated rings. The highest BCUT2D eigenvalue weighted by Gasteiger charge is 2.41. The number of amides is 1. The molecule has 1 heterocycles. The summed E-state index contributed by atoms with van der Waals surface area (Å²) in [7, 11) is -4.05. The minimum Gasteiger partial charge on any atom is -0.481 e. The molecule has 0 radical (unpaired) electrons. The van der Waals surface area contributed by atoms with Crippen molar-refractivity contribution in [3.05, 3.63) is 24.3 Å². The molecule has 9 nitrogen and oxygen atoms in total. The highest BCUT2D eigenvalue weighted by Crippen LogP contribution is 2.24. The lowest BCUT2D eigenvalue weighted by atomic mass is 10.2. The van der Waals surface area contributed by atoms with Crippen LogP contribution in [0.1, 0.15) is 6.92 Å². The van der Waals surface area contributed by atoms with Gasteiger partial charge in [-0.1, -0.05) is 5.92 Å². The molecule has 3 N–H and O–H groups in total. The van der Waals surface area contributed by atoms with Gasteiger partial charge in [0.05, 0.1) is 11.4 Å². The summed E-state index contributed by atoms with van der Waals surface area (Å²) < 4.78 is 32.0. The molecule has 0 spiro atoms. The topological polar surface area (TPSA) is 130 Å². The average molecular weight is 395 g/mol. The number of aliphatic carboxylic acids is 1. The van der Waals surface area contributed by atoms with Crippen molar-refractivity contribution in [2.75, 3.05) is 32.8 Å². The summed E-state index contributed by atoms with van der Waals surface area (Å²) in [6.45, 7) is 1.30. The Morgan fingerprint density at radius 3 is 2.52 bits per heavy atom. The van der Waals surface area contributed by atoms with Gasteiger partial charge in [-0.15, -0.1) is 5.92 Å². The van der Waals surface area contributed by atoms with Crippen molar-refractivity contribution in [1.82, 2.24) is 9.21 Å².